The second-order valence-electron chi connectivity index (χ2n) is 7.34. The summed E-state index contributed by atoms with van der Waals surface area (Å²) in [5.41, 5.74) is 3.12. The monoisotopic (exact) mass is 432 g/mol. The number of nitrogens with zero attached hydrogens (tertiary/aromatic N) is 4. The van der Waals surface area contributed by atoms with Crippen molar-refractivity contribution in [3.63, 3.8) is 0 Å². The summed E-state index contributed by atoms with van der Waals surface area (Å²) in [7, 11) is 3.18. The molecular formula is C24H24N4O4. The molecule has 3 aromatic carbocycles. The molecule has 0 aliphatic carbocycles. The standard InChI is InChI=1S/C24H24N4O4/c1-16-8-7-9-20(28-24(29)27(3)25-26-28)19(16)15-31-21-13-12-18(14-17(21)2)32-23-11-6-5-10-22(23)30-4/h5-14H,15H2,1-4H3. The molecule has 0 unspecified atom stereocenters. The largest absolute Gasteiger partial charge is 0.493 e. The maximum Gasteiger partial charge on any atom is 0.368 e. The maximum atomic E-state index is 12.3. The summed E-state index contributed by atoms with van der Waals surface area (Å²) < 4.78 is 19.9. The number of hydrogen-bond donors (Lipinski definition) is 0. The summed E-state index contributed by atoms with van der Waals surface area (Å²) in [5, 5.41) is 7.77. The minimum absolute atomic E-state index is 0.276. The van der Waals surface area contributed by atoms with Gasteiger partial charge >= 0.3 is 5.69 Å². The van der Waals surface area contributed by atoms with Crippen molar-refractivity contribution in [2.24, 2.45) is 7.05 Å². The topological polar surface area (TPSA) is 80.4 Å². The van der Waals surface area contributed by atoms with Gasteiger partial charge in [0.2, 0.25) is 0 Å². The van der Waals surface area contributed by atoms with Crippen LogP contribution in [0.5, 0.6) is 23.0 Å². The van der Waals surface area contributed by atoms with Crippen molar-refractivity contribution in [1.29, 1.82) is 0 Å². The molecule has 164 valence electrons. The summed E-state index contributed by atoms with van der Waals surface area (Å²) in [5.74, 6) is 2.71. The highest BCUT2D eigenvalue weighted by atomic mass is 16.5. The Bertz CT molecular complexity index is 1310. The molecule has 0 atom stereocenters. The van der Waals surface area contributed by atoms with E-state index in [4.69, 9.17) is 14.2 Å². The average molecular weight is 432 g/mol. The van der Waals surface area contributed by atoms with Crippen LogP contribution in [-0.2, 0) is 13.7 Å². The van der Waals surface area contributed by atoms with Gasteiger partial charge in [0.15, 0.2) is 11.5 Å². The Hall–Kier alpha value is -4.07. The quantitative estimate of drug-likeness (QED) is 0.440. The van der Waals surface area contributed by atoms with E-state index in [0.29, 0.717) is 22.9 Å². The molecule has 8 heteroatoms. The highest BCUT2D eigenvalue weighted by molar-refractivity contribution is 5.47. The molecule has 0 aliphatic rings. The minimum atomic E-state index is -0.314. The van der Waals surface area contributed by atoms with Crippen LogP contribution in [-0.4, -0.2) is 26.9 Å². The SMILES string of the molecule is COc1ccccc1Oc1ccc(OCc2c(C)cccc2-n2nnn(C)c2=O)c(C)c1. The van der Waals surface area contributed by atoms with E-state index >= 15 is 0 Å². The second-order valence-corrected chi connectivity index (χ2v) is 7.34. The molecule has 0 amide bonds. The van der Waals surface area contributed by atoms with Gasteiger partial charge in [-0.3, -0.25) is 0 Å². The van der Waals surface area contributed by atoms with Crippen molar-refractivity contribution >= 4 is 0 Å². The number of hydrogen-bond acceptors (Lipinski definition) is 6. The normalized spacial score (nSPS) is 10.8. The van der Waals surface area contributed by atoms with E-state index in [1.54, 1.807) is 14.2 Å². The van der Waals surface area contributed by atoms with Gasteiger partial charge in [-0.25, -0.2) is 4.79 Å². The Labute approximate surface area is 185 Å². The van der Waals surface area contributed by atoms with Crippen LogP contribution in [0.4, 0.5) is 0 Å². The Morgan fingerprint density at radius 1 is 0.875 bits per heavy atom. The molecule has 4 aromatic rings. The third-order valence-electron chi connectivity index (χ3n) is 5.15. The van der Waals surface area contributed by atoms with Crippen LogP contribution in [0.1, 0.15) is 16.7 Å². The zero-order chi connectivity index (χ0) is 22.7. The molecule has 0 N–H and O–H groups in total. The molecule has 32 heavy (non-hydrogen) atoms. The fraction of sp³-hybridized carbons (Fsp3) is 0.208. The first-order valence-corrected chi connectivity index (χ1v) is 10.1. The molecule has 0 radical (unpaired) electrons. The van der Waals surface area contributed by atoms with Crippen molar-refractivity contribution in [3.05, 3.63) is 87.8 Å². The van der Waals surface area contributed by atoms with Crippen molar-refractivity contribution < 1.29 is 14.2 Å². The lowest BCUT2D eigenvalue weighted by Gasteiger charge is -2.15. The third kappa shape index (κ3) is 4.20. The highest BCUT2D eigenvalue weighted by Gasteiger charge is 2.14. The summed E-state index contributed by atoms with van der Waals surface area (Å²) >= 11 is 0. The van der Waals surface area contributed by atoms with Gasteiger partial charge in [-0.05, 0) is 71.8 Å². The molecule has 4 rings (SSSR count). The van der Waals surface area contributed by atoms with Gasteiger partial charge in [-0.15, -0.1) is 0 Å². The summed E-state index contributed by atoms with van der Waals surface area (Å²) in [6.45, 7) is 4.20. The highest BCUT2D eigenvalue weighted by Crippen LogP contribution is 2.33. The summed E-state index contributed by atoms with van der Waals surface area (Å²) in [6.07, 6.45) is 0. The molecule has 0 spiro atoms. The van der Waals surface area contributed by atoms with E-state index in [0.717, 1.165) is 22.4 Å². The van der Waals surface area contributed by atoms with Gasteiger partial charge in [0.1, 0.15) is 18.1 Å². The number of aryl methyl sites for hydroxylation is 3. The van der Waals surface area contributed by atoms with Crippen molar-refractivity contribution in [2.45, 2.75) is 20.5 Å². The van der Waals surface area contributed by atoms with E-state index in [9.17, 15) is 4.79 Å². The maximum absolute atomic E-state index is 12.3. The van der Waals surface area contributed by atoms with Crippen molar-refractivity contribution in [2.75, 3.05) is 7.11 Å². The van der Waals surface area contributed by atoms with Crippen LogP contribution in [0.2, 0.25) is 0 Å². The first-order chi connectivity index (χ1) is 15.5. The average Bonchev–Trinajstić information content (AvgIpc) is 3.12. The second kappa shape index (κ2) is 8.97. The van der Waals surface area contributed by atoms with Crippen molar-refractivity contribution in [1.82, 2.24) is 19.8 Å². The van der Waals surface area contributed by atoms with Crippen LogP contribution in [0.25, 0.3) is 5.69 Å². The predicted molar refractivity (Wildman–Crippen MR) is 120 cm³/mol. The molecule has 8 nitrogen and oxygen atoms in total. The lowest BCUT2D eigenvalue weighted by molar-refractivity contribution is 0.302. The van der Waals surface area contributed by atoms with E-state index in [-0.39, 0.29) is 12.3 Å². The minimum Gasteiger partial charge on any atom is -0.493 e. The van der Waals surface area contributed by atoms with Crippen LogP contribution in [0.15, 0.2) is 65.5 Å². The summed E-state index contributed by atoms with van der Waals surface area (Å²) in [4.78, 5) is 12.3. The van der Waals surface area contributed by atoms with Crippen LogP contribution >= 0.6 is 0 Å². The molecule has 1 aromatic heterocycles. The van der Waals surface area contributed by atoms with Gasteiger partial charge in [0.25, 0.3) is 0 Å². The van der Waals surface area contributed by atoms with E-state index in [1.807, 2.05) is 74.5 Å². The van der Waals surface area contributed by atoms with Crippen LogP contribution in [0, 0.1) is 13.8 Å². The number of para-hydroxylation sites is 2. The molecule has 1 heterocycles. The number of ether oxygens (including phenoxy) is 3. The third-order valence-corrected chi connectivity index (χ3v) is 5.15. The Morgan fingerprint density at radius 3 is 2.34 bits per heavy atom. The van der Waals surface area contributed by atoms with Gasteiger partial charge in [0.05, 0.1) is 12.8 Å². The van der Waals surface area contributed by atoms with E-state index in [1.165, 1.54) is 9.36 Å². The fourth-order valence-electron chi connectivity index (χ4n) is 3.37. The van der Waals surface area contributed by atoms with Crippen LogP contribution in [0.3, 0.4) is 0 Å². The first kappa shape index (κ1) is 21.2. The van der Waals surface area contributed by atoms with Gasteiger partial charge in [-0.1, -0.05) is 24.3 Å². The van der Waals surface area contributed by atoms with Gasteiger partial charge in [-0.2, -0.15) is 9.36 Å². The lowest BCUT2D eigenvalue weighted by Crippen LogP contribution is -2.23. The molecule has 0 aliphatic heterocycles. The predicted octanol–water partition coefficient (Wildman–Crippen LogP) is 3.96. The summed E-state index contributed by atoms with van der Waals surface area (Å²) in [6, 6.07) is 18.8. The smallest absolute Gasteiger partial charge is 0.368 e. The van der Waals surface area contributed by atoms with E-state index < -0.39 is 0 Å². The molecule has 0 saturated heterocycles. The van der Waals surface area contributed by atoms with E-state index in [2.05, 4.69) is 10.4 Å². The molecular weight excluding hydrogens is 408 g/mol. The number of rotatable bonds is 7. The zero-order valence-corrected chi connectivity index (χ0v) is 18.4. The zero-order valence-electron chi connectivity index (χ0n) is 18.4. The number of methoxy groups -OCH3 is 1. The number of benzene rings is 3. The number of tetrazole rings is 1. The Kier molecular flexibility index (Phi) is 5.93. The molecule has 0 fully saturated rings. The van der Waals surface area contributed by atoms with Gasteiger partial charge in [0, 0.05) is 12.6 Å². The fourth-order valence-corrected chi connectivity index (χ4v) is 3.37. The Morgan fingerprint density at radius 2 is 1.66 bits per heavy atom. The molecule has 0 bridgehead atoms. The Balaban J connectivity index is 1.55. The van der Waals surface area contributed by atoms with Crippen LogP contribution < -0.4 is 19.9 Å². The number of aromatic nitrogens is 4. The first-order valence-electron chi connectivity index (χ1n) is 10.1. The van der Waals surface area contributed by atoms with Gasteiger partial charge < -0.3 is 14.2 Å². The van der Waals surface area contributed by atoms with Crippen molar-refractivity contribution in [3.8, 4) is 28.7 Å². The lowest BCUT2D eigenvalue weighted by atomic mass is 10.1. The molecule has 0 saturated carbocycles.